The van der Waals surface area contributed by atoms with Crippen molar-refractivity contribution in [1.82, 2.24) is 5.32 Å². The van der Waals surface area contributed by atoms with Crippen molar-refractivity contribution in [2.45, 2.75) is 174 Å². The summed E-state index contributed by atoms with van der Waals surface area (Å²) in [6.45, 7) is 34.1. The fourth-order valence-electron chi connectivity index (χ4n) is 6.04. The Bertz CT molecular complexity index is 1800. The summed E-state index contributed by atoms with van der Waals surface area (Å²) in [6.07, 6.45) is 4.40. The van der Waals surface area contributed by atoms with Gasteiger partial charge in [0.05, 0.1) is 24.2 Å². The van der Waals surface area contributed by atoms with Gasteiger partial charge < -0.3 is 23.6 Å². The van der Waals surface area contributed by atoms with Crippen LogP contribution in [0, 0.1) is 5.92 Å². The molecule has 0 heterocycles. The maximum atomic E-state index is 14.5. The highest BCUT2D eigenvalue weighted by Gasteiger charge is 2.43. The van der Waals surface area contributed by atoms with Crippen LogP contribution in [0.1, 0.15) is 106 Å². The maximum absolute atomic E-state index is 14.5. The Balaban J connectivity index is 2.13. The highest BCUT2D eigenvalue weighted by molar-refractivity contribution is 8.13. The molecule has 3 rings (SSSR count). The van der Waals surface area contributed by atoms with Crippen LogP contribution >= 0.6 is 11.8 Å². The van der Waals surface area contributed by atoms with Crippen molar-refractivity contribution in [3.05, 3.63) is 114 Å². The Morgan fingerprint density at radius 2 is 1.15 bits per heavy atom. The third kappa shape index (κ3) is 17.3. The Hall–Kier alpha value is -3.16. The lowest BCUT2D eigenvalue weighted by molar-refractivity contribution is -0.116. The van der Waals surface area contributed by atoms with Crippen LogP contribution in [0.3, 0.4) is 0 Å². The topological polar surface area (TPSA) is 83.1 Å². The molecule has 4 atom stereocenters. The van der Waals surface area contributed by atoms with Crippen LogP contribution in [0.5, 0.6) is 5.75 Å². The summed E-state index contributed by atoms with van der Waals surface area (Å²) in [4.78, 5) is 28.1. The first kappa shape index (κ1) is 51.2. The van der Waals surface area contributed by atoms with E-state index >= 15 is 0 Å². The molecule has 1 amide bonds. The number of carbonyl (C=O) groups excluding carboxylic acids is 2. The summed E-state index contributed by atoms with van der Waals surface area (Å²) >= 11 is 1.36. The Kier molecular flexibility index (Phi) is 18.2. The largest absolute Gasteiger partial charge is 0.488 e. The molecule has 0 aliphatic heterocycles. The van der Waals surface area contributed by atoms with Crippen LogP contribution < -0.4 is 10.1 Å². The minimum Gasteiger partial charge on any atom is -0.488 e. The van der Waals surface area contributed by atoms with Crippen molar-refractivity contribution < 1.29 is 27.9 Å². The first-order chi connectivity index (χ1) is 27.6. The van der Waals surface area contributed by atoms with E-state index in [4.69, 9.17) is 18.3 Å². The van der Waals surface area contributed by atoms with E-state index in [1.807, 2.05) is 90.1 Å². The van der Waals surface area contributed by atoms with E-state index in [9.17, 15) is 9.59 Å². The minimum absolute atomic E-state index is 0.0828. The summed E-state index contributed by atoms with van der Waals surface area (Å²) in [6, 6.07) is 28.0. The summed E-state index contributed by atoms with van der Waals surface area (Å²) in [5.74, 6) is 0.940. The van der Waals surface area contributed by atoms with Gasteiger partial charge in [-0.2, -0.15) is 0 Å². The second-order valence-electron chi connectivity index (χ2n) is 21.1. The molecule has 0 fully saturated rings. The lowest BCUT2D eigenvalue weighted by Gasteiger charge is -2.42. The van der Waals surface area contributed by atoms with E-state index in [2.05, 4.69) is 122 Å². The highest BCUT2D eigenvalue weighted by atomic mass is 32.2. The number of hydrogen-bond donors (Lipinski definition) is 1. The first-order valence-corrected chi connectivity index (χ1v) is 28.4. The zero-order valence-corrected chi connectivity index (χ0v) is 42.5. The second-order valence-corrected chi connectivity index (χ2v) is 31.6. The fourth-order valence-corrected chi connectivity index (χ4v) is 9.62. The molecule has 7 nitrogen and oxygen atoms in total. The normalized spacial score (nSPS) is 15.3. The van der Waals surface area contributed by atoms with Gasteiger partial charge in [-0.05, 0) is 126 Å². The van der Waals surface area contributed by atoms with Crippen molar-refractivity contribution in [3.63, 3.8) is 0 Å². The molecule has 1 N–H and O–H groups in total. The maximum Gasteiger partial charge on any atom is 0.407 e. The van der Waals surface area contributed by atoms with Gasteiger partial charge >= 0.3 is 6.09 Å². The van der Waals surface area contributed by atoms with Gasteiger partial charge in [0.15, 0.2) is 21.8 Å². The lowest BCUT2D eigenvalue weighted by Crippen LogP contribution is -2.53. The van der Waals surface area contributed by atoms with Crippen LogP contribution in [-0.4, -0.2) is 57.3 Å². The molecule has 0 aliphatic carbocycles. The number of rotatable bonds is 18. The average Bonchev–Trinajstić information content (AvgIpc) is 3.11. The Morgan fingerprint density at radius 3 is 1.65 bits per heavy atom. The van der Waals surface area contributed by atoms with Crippen LogP contribution in [0.4, 0.5) is 4.79 Å². The molecule has 10 heteroatoms. The summed E-state index contributed by atoms with van der Waals surface area (Å²) in [5.41, 5.74) is 2.23. The molecule has 332 valence electrons. The van der Waals surface area contributed by atoms with E-state index in [1.54, 1.807) is 0 Å². The molecule has 3 aromatic rings. The standard InChI is InChI=1S/C50H77NO6SSi2/c1-47(2,3)54-40-32-30-38(31-33-40)35-42(51-46(53)55-48(4,5)6)44(57-60(15,16)50(10,11)12)29-23-28-43(56-59(13,14)49(7,8)9)41(34-37-24-19-17-20-25-37)45(52)58-36-39-26-21-18-22-27-39/h17-28,30-33,41-44H,29,34-36H2,1-16H3,(H,51,53)/b28-23+. The van der Waals surface area contributed by atoms with Crippen molar-refractivity contribution in [3.8, 4) is 5.75 Å². The SMILES string of the molecule is CC(C)(C)OC(=O)NC(Cc1ccc(OC(C)(C)C)cc1)C(C/C=C/C(O[Si](C)(C)C(C)(C)C)C(Cc1ccccc1)C(=O)SCc1ccccc1)O[Si](C)(C)C(C)(C)C. The molecule has 0 bridgehead atoms. The molecule has 0 spiro atoms. The van der Waals surface area contributed by atoms with Gasteiger partial charge in [-0.3, -0.25) is 4.79 Å². The molecular weight excluding hydrogens is 799 g/mol. The van der Waals surface area contributed by atoms with E-state index < -0.39 is 52.5 Å². The zero-order valence-electron chi connectivity index (χ0n) is 39.7. The zero-order chi connectivity index (χ0) is 45.2. The fraction of sp³-hybridized carbons (Fsp3) is 0.560. The van der Waals surface area contributed by atoms with E-state index in [-0.39, 0.29) is 20.8 Å². The monoisotopic (exact) mass is 876 g/mol. The summed E-state index contributed by atoms with van der Waals surface area (Å²) in [5, 5.41) is 3.17. The molecule has 3 aromatic carbocycles. The number of benzene rings is 3. The van der Waals surface area contributed by atoms with Crippen LogP contribution in [-0.2, 0) is 37.0 Å². The predicted molar refractivity (Wildman–Crippen MR) is 258 cm³/mol. The van der Waals surface area contributed by atoms with Crippen molar-refractivity contribution >= 4 is 39.6 Å². The number of alkyl carbamates (subject to hydrolysis) is 1. The number of hydrogen-bond acceptors (Lipinski definition) is 7. The van der Waals surface area contributed by atoms with Gasteiger partial charge in [0, 0.05) is 5.75 Å². The quantitative estimate of drug-likeness (QED) is 0.101. The second kappa shape index (κ2) is 21.3. The third-order valence-electron chi connectivity index (χ3n) is 11.4. The van der Waals surface area contributed by atoms with Crippen LogP contribution in [0.25, 0.3) is 0 Å². The molecule has 0 saturated heterocycles. The summed E-state index contributed by atoms with van der Waals surface area (Å²) < 4.78 is 26.5. The highest BCUT2D eigenvalue weighted by Crippen LogP contribution is 2.41. The van der Waals surface area contributed by atoms with Gasteiger partial charge in [-0.25, -0.2) is 4.79 Å². The van der Waals surface area contributed by atoms with Crippen LogP contribution in [0.2, 0.25) is 36.3 Å². The smallest absolute Gasteiger partial charge is 0.407 e. The summed E-state index contributed by atoms with van der Waals surface area (Å²) in [7, 11) is -4.76. The van der Waals surface area contributed by atoms with Gasteiger partial charge in [0.2, 0.25) is 0 Å². The van der Waals surface area contributed by atoms with Gasteiger partial charge in [0.25, 0.3) is 0 Å². The van der Waals surface area contributed by atoms with E-state index in [1.165, 1.54) is 11.8 Å². The van der Waals surface area contributed by atoms with Crippen molar-refractivity contribution in [1.29, 1.82) is 0 Å². The molecule has 0 aromatic heterocycles. The van der Waals surface area contributed by atoms with Gasteiger partial charge in [-0.1, -0.05) is 138 Å². The molecule has 0 saturated carbocycles. The number of thioether (sulfide) groups is 1. The third-order valence-corrected chi connectivity index (χ3v) is 21.4. The van der Waals surface area contributed by atoms with Crippen molar-refractivity contribution in [2.24, 2.45) is 5.92 Å². The first-order valence-electron chi connectivity index (χ1n) is 21.6. The molecule has 60 heavy (non-hydrogen) atoms. The number of ether oxygens (including phenoxy) is 2. The molecule has 0 aliphatic rings. The minimum atomic E-state index is -2.38. The Morgan fingerprint density at radius 1 is 0.650 bits per heavy atom. The predicted octanol–water partition coefficient (Wildman–Crippen LogP) is 13.3. The van der Waals surface area contributed by atoms with Crippen LogP contribution in [0.15, 0.2) is 97.1 Å². The number of carbonyl (C=O) groups is 2. The van der Waals surface area contributed by atoms with Gasteiger partial charge in [-0.15, -0.1) is 0 Å². The van der Waals surface area contributed by atoms with E-state index in [0.29, 0.717) is 25.0 Å². The molecule has 0 radical (unpaired) electrons. The Labute approximate surface area is 370 Å². The van der Waals surface area contributed by atoms with Crippen molar-refractivity contribution in [2.75, 3.05) is 0 Å². The molecule has 4 unspecified atom stereocenters. The number of nitrogens with one attached hydrogen (secondary N) is 1. The average molecular weight is 876 g/mol. The van der Waals surface area contributed by atoms with Gasteiger partial charge in [0.1, 0.15) is 17.0 Å². The van der Waals surface area contributed by atoms with E-state index in [0.717, 1.165) is 22.4 Å². The number of amides is 1. The molecular formula is C50H77NO6SSi2. The lowest BCUT2D eigenvalue weighted by atomic mass is 9.94.